The number of rotatable bonds is 5. The Morgan fingerprint density at radius 2 is 1.58 bits per heavy atom. The first-order valence-electron chi connectivity index (χ1n) is 8.17. The number of amides is 2. The lowest BCUT2D eigenvalue weighted by atomic mass is 10.0. The van der Waals surface area contributed by atoms with Crippen LogP contribution in [0.1, 0.15) is 12.8 Å². The summed E-state index contributed by atoms with van der Waals surface area (Å²) >= 11 is 0. The van der Waals surface area contributed by atoms with E-state index < -0.39 is 28.9 Å². The Morgan fingerprint density at radius 3 is 2.12 bits per heavy atom. The molecule has 0 saturated heterocycles. The van der Waals surface area contributed by atoms with E-state index in [4.69, 9.17) is 0 Å². The molecule has 0 bridgehead atoms. The highest BCUT2D eigenvalue weighted by atomic mass is 19.1. The van der Waals surface area contributed by atoms with Crippen molar-refractivity contribution in [3.05, 3.63) is 54.1 Å². The second kappa shape index (κ2) is 6.74. The van der Waals surface area contributed by atoms with Crippen LogP contribution in [0.3, 0.4) is 0 Å². The number of carbonyl (C=O) groups excluding carboxylic acids is 2. The first-order chi connectivity index (χ1) is 12.3. The summed E-state index contributed by atoms with van der Waals surface area (Å²) in [6, 6.07) is 10.1. The molecule has 2 amide bonds. The van der Waals surface area contributed by atoms with E-state index in [2.05, 4.69) is 10.6 Å². The molecule has 136 valence electrons. The maximum absolute atomic E-state index is 13.7. The Kier molecular flexibility index (Phi) is 4.63. The normalized spacial score (nSPS) is 14.5. The molecule has 1 aliphatic rings. The molecule has 0 aliphatic heterocycles. The zero-order chi connectivity index (χ0) is 18.9. The summed E-state index contributed by atoms with van der Waals surface area (Å²) in [4.78, 5) is 26.9. The van der Waals surface area contributed by atoms with Crippen LogP contribution < -0.4 is 15.5 Å². The van der Waals surface area contributed by atoms with Crippen LogP contribution in [-0.4, -0.2) is 25.9 Å². The van der Waals surface area contributed by atoms with E-state index in [1.807, 2.05) is 31.1 Å². The van der Waals surface area contributed by atoms with Crippen molar-refractivity contribution in [1.29, 1.82) is 0 Å². The van der Waals surface area contributed by atoms with E-state index in [1.54, 1.807) is 12.1 Å². The van der Waals surface area contributed by atoms with Gasteiger partial charge in [-0.15, -0.1) is 0 Å². The van der Waals surface area contributed by atoms with Crippen LogP contribution in [0.4, 0.5) is 25.8 Å². The molecule has 7 heteroatoms. The van der Waals surface area contributed by atoms with Crippen molar-refractivity contribution in [2.24, 2.45) is 5.41 Å². The van der Waals surface area contributed by atoms with Crippen LogP contribution in [-0.2, 0) is 9.59 Å². The van der Waals surface area contributed by atoms with Gasteiger partial charge in [0.25, 0.3) is 0 Å². The fourth-order valence-corrected chi connectivity index (χ4v) is 2.61. The van der Waals surface area contributed by atoms with E-state index in [0.717, 1.165) is 17.8 Å². The largest absolute Gasteiger partial charge is 0.378 e. The maximum Gasteiger partial charge on any atom is 0.240 e. The Bertz CT molecular complexity index is 846. The van der Waals surface area contributed by atoms with Crippen LogP contribution in [0, 0.1) is 17.0 Å². The van der Waals surface area contributed by atoms with Gasteiger partial charge in [0.15, 0.2) is 0 Å². The van der Waals surface area contributed by atoms with Gasteiger partial charge < -0.3 is 15.5 Å². The van der Waals surface area contributed by atoms with Crippen molar-refractivity contribution in [3.8, 4) is 0 Å². The van der Waals surface area contributed by atoms with E-state index in [0.29, 0.717) is 24.6 Å². The number of hydrogen-bond acceptors (Lipinski definition) is 3. The van der Waals surface area contributed by atoms with E-state index >= 15 is 0 Å². The molecule has 2 aromatic carbocycles. The Labute approximate surface area is 150 Å². The van der Waals surface area contributed by atoms with Crippen molar-refractivity contribution >= 4 is 28.9 Å². The molecular formula is C19H19F2N3O2. The standard InChI is InChI=1S/C19H19F2N3O2/c1-24(2)14-6-4-13(5-7-14)22-17(25)19(9-10-19)18(26)23-16-8-3-12(20)11-15(16)21/h3-8,11H,9-10H2,1-2H3,(H,22,25)(H,23,26). The molecule has 0 heterocycles. The van der Waals surface area contributed by atoms with Gasteiger partial charge in [-0.3, -0.25) is 9.59 Å². The van der Waals surface area contributed by atoms with Crippen LogP contribution in [0.5, 0.6) is 0 Å². The molecule has 0 atom stereocenters. The number of anilines is 3. The highest BCUT2D eigenvalue weighted by Crippen LogP contribution is 2.47. The lowest BCUT2D eigenvalue weighted by Crippen LogP contribution is -2.35. The molecule has 1 aliphatic carbocycles. The minimum atomic E-state index is -1.22. The molecular weight excluding hydrogens is 340 g/mol. The summed E-state index contributed by atoms with van der Waals surface area (Å²) in [6.07, 6.45) is 0.756. The number of benzene rings is 2. The zero-order valence-corrected chi connectivity index (χ0v) is 14.5. The minimum Gasteiger partial charge on any atom is -0.378 e. The van der Waals surface area contributed by atoms with Crippen molar-refractivity contribution in [1.82, 2.24) is 0 Å². The van der Waals surface area contributed by atoms with Crippen molar-refractivity contribution in [3.63, 3.8) is 0 Å². The summed E-state index contributed by atoms with van der Waals surface area (Å²) in [5.74, 6) is -2.64. The molecule has 0 spiro atoms. The van der Waals surface area contributed by atoms with Gasteiger partial charge >= 0.3 is 0 Å². The first kappa shape index (κ1) is 17.8. The second-order valence-corrected chi connectivity index (χ2v) is 6.56. The molecule has 5 nitrogen and oxygen atoms in total. The molecule has 2 N–H and O–H groups in total. The molecule has 0 aromatic heterocycles. The Balaban J connectivity index is 1.69. The number of hydrogen-bond donors (Lipinski definition) is 2. The topological polar surface area (TPSA) is 61.4 Å². The maximum atomic E-state index is 13.7. The number of halogens is 2. The summed E-state index contributed by atoms with van der Waals surface area (Å²) in [6.45, 7) is 0. The SMILES string of the molecule is CN(C)c1ccc(NC(=O)C2(C(=O)Nc3ccc(F)cc3F)CC2)cc1. The van der Waals surface area contributed by atoms with Crippen LogP contribution in [0.15, 0.2) is 42.5 Å². The summed E-state index contributed by atoms with van der Waals surface area (Å²) in [7, 11) is 3.82. The van der Waals surface area contributed by atoms with Crippen LogP contribution >= 0.6 is 0 Å². The van der Waals surface area contributed by atoms with Crippen molar-refractivity contribution in [2.45, 2.75) is 12.8 Å². The third kappa shape index (κ3) is 3.51. The molecule has 1 saturated carbocycles. The molecule has 0 unspecified atom stereocenters. The quantitative estimate of drug-likeness (QED) is 0.805. The van der Waals surface area contributed by atoms with Crippen LogP contribution in [0.25, 0.3) is 0 Å². The van der Waals surface area contributed by atoms with Gasteiger partial charge in [-0.05, 0) is 49.2 Å². The summed E-state index contributed by atoms with van der Waals surface area (Å²) < 4.78 is 26.7. The molecule has 0 radical (unpaired) electrons. The fourth-order valence-electron chi connectivity index (χ4n) is 2.61. The van der Waals surface area contributed by atoms with Gasteiger partial charge in [0.2, 0.25) is 11.8 Å². The highest BCUT2D eigenvalue weighted by Gasteiger charge is 2.56. The number of nitrogens with zero attached hydrogens (tertiary/aromatic N) is 1. The van der Waals surface area contributed by atoms with Gasteiger partial charge in [-0.2, -0.15) is 0 Å². The van der Waals surface area contributed by atoms with Crippen LogP contribution in [0.2, 0.25) is 0 Å². The average molecular weight is 359 g/mol. The monoisotopic (exact) mass is 359 g/mol. The van der Waals surface area contributed by atoms with E-state index in [-0.39, 0.29) is 5.69 Å². The Morgan fingerprint density at radius 1 is 0.962 bits per heavy atom. The number of nitrogens with one attached hydrogen (secondary N) is 2. The molecule has 2 aromatic rings. The molecule has 26 heavy (non-hydrogen) atoms. The molecule has 3 rings (SSSR count). The number of carbonyl (C=O) groups is 2. The molecule has 1 fully saturated rings. The second-order valence-electron chi connectivity index (χ2n) is 6.56. The summed E-state index contributed by atoms with van der Waals surface area (Å²) in [5.41, 5.74) is 0.188. The lowest BCUT2D eigenvalue weighted by Gasteiger charge is -2.17. The predicted molar refractivity (Wildman–Crippen MR) is 96.1 cm³/mol. The average Bonchev–Trinajstić information content (AvgIpc) is 3.40. The van der Waals surface area contributed by atoms with Gasteiger partial charge in [0, 0.05) is 31.5 Å². The van der Waals surface area contributed by atoms with E-state index in [9.17, 15) is 18.4 Å². The third-order valence-electron chi connectivity index (χ3n) is 4.44. The first-order valence-corrected chi connectivity index (χ1v) is 8.17. The minimum absolute atomic E-state index is 0.147. The fraction of sp³-hybridized carbons (Fsp3) is 0.263. The Hall–Kier alpha value is -2.96. The highest BCUT2D eigenvalue weighted by molar-refractivity contribution is 6.16. The van der Waals surface area contributed by atoms with E-state index in [1.165, 1.54) is 0 Å². The van der Waals surface area contributed by atoms with Gasteiger partial charge in [0.05, 0.1) is 5.69 Å². The smallest absolute Gasteiger partial charge is 0.240 e. The van der Waals surface area contributed by atoms with Crippen molar-refractivity contribution < 1.29 is 18.4 Å². The van der Waals surface area contributed by atoms with Gasteiger partial charge in [0.1, 0.15) is 17.0 Å². The third-order valence-corrected chi connectivity index (χ3v) is 4.44. The van der Waals surface area contributed by atoms with Gasteiger partial charge in [-0.1, -0.05) is 0 Å². The zero-order valence-electron chi connectivity index (χ0n) is 14.5. The lowest BCUT2D eigenvalue weighted by molar-refractivity contribution is -0.131. The van der Waals surface area contributed by atoms with Crippen molar-refractivity contribution in [2.75, 3.05) is 29.6 Å². The van der Waals surface area contributed by atoms with Gasteiger partial charge in [-0.25, -0.2) is 8.78 Å². The predicted octanol–water partition coefficient (Wildman–Crippen LogP) is 3.39. The summed E-state index contributed by atoms with van der Waals surface area (Å²) in [5, 5.41) is 5.11.